The molecule has 0 aliphatic carbocycles. The Balaban J connectivity index is 1.64. The van der Waals surface area contributed by atoms with E-state index >= 15 is 0 Å². The van der Waals surface area contributed by atoms with E-state index in [-0.39, 0.29) is 0 Å². The van der Waals surface area contributed by atoms with E-state index in [1.54, 1.807) is 0 Å². The molecule has 0 saturated carbocycles. The Morgan fingerprint density at radius 2 is 2.00 bits per heavy atom. The van der Waals surface area contributed by atoms with Gasteiger partial charge in [-0.05, 0) is 32.0 Å². The summed E-state index contributed by atoms with van der Waals surface area (Å²) in [6.45, 7) is 6.49. The van der Waals surface area contributed by atoms with Crippen LogP contribution in [0.25, 0.3) is 0 Å². The Morgan fingerprint density at radius 3 is 2.68 bits per heavy atom. The predicted molar refractivity (Wildman–Crippen MR) is 76.3 cm³/mol. The zero-order valence-electron chi connectivity index (χ0n) is 11.5. The minimum Gasteiger partial charge on any atom is -0.492 e. The summed E-state index contributed by atoms with van der Waals surface area (Å²) in [4.78, 5) is 0. The molecule has 2 rings (SSSR count). The molecule has 0 saturated heterocycles. The van der Waals surface area contributed by atoms with Crippen molar-refractivity contribution in [2.24, 2.45) is 0 Å². The third-order valence-electron chi connectivity index (χ3n) is 2.79. The highest BCUT2D eigenvalue weighted by Gasteiger charge is 2.01. The van der Waals surface area contributed by atoms with Gasteiger partial charge < -0.3 is 10.1 Å². The summed E-state index contributed by atoms with van der Waals surface area (Å²) < 4.78 is 7.57. The van der Waals surface area contributed by atoms with Crippen LogP contribution in [0.1, 0.15) is 25.6 Å². The first-order valence-electron chi connectivity index (χ1n) is 6.68. The first kappa shape index (κ1) is 13.6. The number of nitrogens with zero attached hydrogens (tertiary/aromatic N) is 2. The molecule has 0 radical (unpaired) electrons. The van der Waals surface area contributed by atoms with Crippen molar-refractivity contribution in [1.82, 2.24) is 15.1 Å². The number of para-hydroxylation sites is 1. The average Bonchev–Trinajstić information content (AvgIpc) is 2.89. The molecule has 2 aromatic rings. The molecule has 1 heterocycles. The minimum atomic E-state index is 0.412. The first-order valence-corrected chi connectivity index (χ1v) is 6.68. The normalized spacial score (nSPS) is 10.9. The van der Waals surface area contributed by atoms with Gasteiger partial charge in [0.25, 0.3) is 0 Å². The monoisotopic (exact) mass is 259 g/mol. The number of hydrogen-bond donors (Lipinski definition) is 1. The van der Waals surface area contributed by atoms with Crippen molar-refractivity contribution in [2.45, 2.75) is 26.4 Å². The quantitative estimate of drug-likeness (QED) is 0.777. The van der Waals surface area contributed by atoms with Gasteiger partial charge in [-0.1, -0.05) is 18.2 Å². The minimum absolute atomic E-state index is 0.412. The van der Waals surface area contributed by atoms with E-state index in [0.29, 0.717) is 12.6 Å². The Morgan fingerprint density at radius 1 is 1.21 bits per heavy atom. The van der Waals surface area contributed by atoms with Crippen LogP contribution < -0.4 is 10.1 Å². The van der Waals surface area contributed by atoms with Gasteiger partial charge in [0.15, 0.2) is 0 Å². The fourth-order valence-electron chi connectivity index (χ4n) is 1.73. The van der Waals surface area contributed by atoms with Gasteiger partial charge in [-0.15, -0.1) is 0 Å². The van der Waals surface area contributed by atoms with Gasteiger partial charge in [-0.2, -0.15) is 5.10 Å². The number of aromatic nitrogens is 2. The highest BCUT2D eigenvalue weighted by Crippen LogP contribution is 2.07. The zero-order valence-corrected chi connectivity index (χ0v) is 11.5. The largest absolute Gasteiger partial charge is 0.492 e. The maximum atomic E-state index is 5.60. The van der Waals surface area contributed by atoms with E-state index in [4.69, 9.17) is 4.74 Å². The molecule has 0 aliphatic rings. The van der Waals surface area contributed by atoms with Gasteiger partial charge in [0, 0.05) is 25.3 Å². The van der Waals surface area contributed by atoms with Gasteiger partial charge >= 0.3 is 0 Å². The Kier molecular flexibility index (Phi) is 4.98. The third-order valence-corrected chi connectivity index (χ3v) is 2.79. The van der Waals surface area contributed by atoms with E-state index in [2.05, 4.69) is 24.3 Å². The highest BCUT2D eigenvalue weighted by atomic mass is 16.5. The average molecular weight is 259 g/mol. The lowest BCUT2D eigenvalue weighted by atomic mass is 10.3. The topological polar surface area (TPSA) is 39.1 Å². The standard InChI is InChI=1S/C15H21N3O/c1-13(2)18-10-8-14(17-18)12-16-9-11-19-15-6-4-3-5-7-15/h3-8,10,13,16H,9,11-12H2,1-2H3. The van der Waals surface area contributed by atoms with Crippen LogP contribution in [0, 0.1) is 0 Å². The smallest absolute Gasteiger partial charge is 0.119 e. The molecule has 4 nitrogen and oxygen atoms in total. The number of hydrogen-bond acceptors (Lipinski definition) is 3. The summed E-state index contributed by atoms with van der Waals surface area (Å²) >= 11 is 0. The second-order valence-electron chi connectivity index (χ2n) is 4.72. The lowest BCUT2D eigenvalue weighted by molar-refractivity contribution is 0.313. The molecule has 1 aromatic heterocycles. The second-order valence-corrected chi connectivity index (χ2v) is 4.72. The molecule has 1 aromatic carbocycles. The first-order chi connectivity index (χ1) is 9.25. The molecule has 1 N–H and O–H groups in total. The van der Waals surface area contributed by atoms with Crippen molar-refractivity contribution in [2.75, 3.05) is 13.2 Å². The Labute approximate surface area is 114 Å². The summed E-state index contributed by atoms with van der Waals surface area (Å²) in [5.74, 6) is 0.911. The van der Waals surface area contributed by atoms with E-state index < -0.39 is 0 Å². The zero-order chi connectivity index (χ0) is 13.5. The number of benzene rings is 1. The van der Waals surface area contributed by atoms with Crippen molar-refractivity contribution in [3.63, 3.8) is 0 Å². The summed E-state index contributed by atoms with van der Waals surface area (Å²) in [6, 6.07) is 12.3. The lowest BCUT2D eigenvalue weighted by Gasteiger charge is -2.07. The highest BCUT2D eigenvalue weighted by molar-refractivity contribution is 5.20. The summed E-state index contributed by atoms with van der Waals surface area (Å²) in [7, 11) is 0. The van der Waals surface area contributed by atoms with Crippen LogP contribution in [-0.4, -0.2) is 22.9 Å². The molecule has 19 heavy (non-hydrogen) atoms. The summed E-state index contributed by atoms with van der Waals surface area (Å²) in [6.07, 6.45) is 2.02. The molecule has 0 atom stereocenters. The lowest BCUT2D eigenvalue weighted by Crippen LogP contribution is -2.21. The van der Waals surface area contributed by atoms with Gasteiger partial charge in [-0.3, -0.25) is 4.68 Å². The van der Waals surface area contributed by atoms with Gasteiger partial charge in [-0.25, -0.2) is 0 Å². The molecular formula is C15H21N3O. The maximum absolute atomic E-state index is 5.60. The Bertz CT molecular complexity index is 479. The van der Waals surface area contributed by atoms with Crippen LogP contribution in [0.2, 0.25) is 0 Å². The molecule has 0 aliphatic heterocycles. The van der Waals surface area contributed by atoms with Crippen LogP contribution in [0.15, 0.2) is 42.6 Å². The molecular weight excluding hydrogens is 238 g/mol. The van der Waals surface area contributed by atoms with Crippen molar-refractivity contribution in [3.8, 4) is 5.75 Å². The fraction of sp³-hybridized carbons (Fsp3) is 0.400. The SMILES string of the molecule is CC(C)n1ccc(CNCCOc2ccccc2)n1. The van der Waals surface area contributed by atoms with E-state index in [0.717, 1.165) is 24.5 Å². The number of ether oxygens (including phenoxy) is 1. The van der Waals surface area contributed by atoms with Crippen LogP contribution >= 0.6 is 0 Å². The molecule has 0 amide bonds. The molecule has 102 valence electrons. The fourth-order valence-corrected chi connectivity index (χ4v) is 1.73. The van der Waals surface area contributed by atoms with Crippen molar-refractivity contribution in [3.05, 3.63) is 48.3 Å². The Hall–Kier alpha value is -1.81. The number of nitrogens with one attached hydrogen (secondary N) is 1. The third kappa shape index (κ3) is 4.41. The van der Waals surface area contributed by atoms with Gasteiger partial charge in [0.1, 0.15) is 12.4 Å². The van der Waals surface area contributed by atoms with Crippen molar-refractivity contribution in [1.29, 1.82) is 0 Å². The van der Waals surface area contributed by atoms with Crippen LogP contribution in [0.4, 0.5) is 0 Å². The molecule has 0 unspecified atom stereocenters. The van der Waals surface area contributed by atoms with E-state index in [1.807, 2.05) is 47.3 Å². The second kappa shape index (κ2) is 6.95. The molecule has 0 bridgehead atoms. The van der Waals surface area contributed by atoms with Crippen LogP contribution in [0.5, 0.6) is 5.75 Å². The summed E-state index contributed by atoms with van der Waals surface area (Å²) in [5, 5.41) is 7.80. The maximum Gasteiger partial charge on any atom is 0.119 e. The molecule has 4 heteroatoms. The van der Waals surface area contributed by atoms with Crippen LogP contribution in [-0.2, 0) is 6.54 Å². The predicted octanol–water partition coefficient (Wildman–Crippen LogP) is 2.63. The van der Waals surface area contributed by atoms with Gasteiger partial charge in [0.05, 0.1) is 5.69 Å². The summed E-state index contributed by atoms with van der Waals surface area (Å²) in [5.41, 5.74) is 1.06. The molecule has 0 fully saturated rings. The number of rotatable bonds is 7. The van der Waals surface area contributed by atoms with Crippen molar-refractivity contribution < 1.29 is 4.74 Å². The van der Waals surface area contributed by atoms with Crippen LogP contribution in [0.3, 0.4) is 0 Å². The van der Waals surface area contributed by atoms with Crippen molar-refractivity contribution >= 4 is 0 Å². The van der Waals surface area contributed by atoms with E-state index in [1.165, 1.54) is 0 Å². The molecule has 0 spiro atoms. The van der Waals surface area contributed by atoms with E-state index in [9.17, 15) is 0 Å². The van der Waals surface area contributed by atoms with Gasteiger partial charge in [0.2, 0.25) is 0 Å².